The van der Waals surface area contributed by atoms with Crippen molar-refractivity contribution in [2.45, 2.75) is 84.3 Å². The van der Waals surface area contributed by atoms with Gasteiger partial charge in [-0.05, 0) is 65.2 Å². The number of nitrogens with one attached hydrogen (secondary N) is 1. The summed E-state index contributed by atoms with van der Waals surface area (Å²) >= 11 is 0. The first kappa shape index (κ1) is 23.4. The molecular weight excluding hydrogens is 377 g/mol. The Hall–Kier alpha value is -1.86. The predicted octanol–water partition coefficient (Wildman–Crippen LogP) is 4.59. The zero-order valence-corrected chi connectivity index (χ0v) is 18.3. The van der Waals surface area contributed by atoms with Gasteiger partial charge in [0, 0.05) is 0 Å². The highest BCUT2D eigenvalue weighted by Crippen LogP contribution is 2.27. The van der Waals surface area contributed by atoms with Crippen LogP contribution in [0.25, 0.3) is 0 Å². The Balaban J connectivity index is 2.10. The van der Waals surface area contributed by atoms with Crippen molar-refractivity contribution in [1.29, 1.82) is 0 Å². The Morgan fingerprint density at radius 3 is 2.66 bits per heavy atom. The third kappa shape index (κ3) is 7.82. The maximum absolute atomic E-state index is 14.4. The smallest absolute Gasteiger partial charge is 0.407 e. The van der Waals surface area contributed by atoms with E-state index < -0.39 is 29.3 Å². The largest absolute Gasteiger partial charge is 0.491 e. The number of hydrogen-bond acceptors (Lipinski definition) is 5. The van der Waals surface area contributed by atoms with Gasteiger partial charge in [0.25, 0.3) is 0 Å². The fraction of sp³-hybridized carbons (Fsp3) is 0.682. The van der Waals surface area contributed by atoms with Gasteiger partial charge < -0.3 is 24.3 Å². The molecule has 0 bridgehead atoms. The zero-order valence-electron chi connectivity index (χ0n) is 18.3. The van der Waals surface area contributed by atoms with Crippen LogP contribution in [0.5, 0.6) is 5.75 Å². The number of rotatable bonds is 8. The van der Waals surface area contributed by atoms with Crippen molar-refractivity contribution >= 4 is 6.09 Å². The minimum absolute atomic E-state index is 0.237. The molecule has 1 aliphatic rings. The fourth-order valence-electron chi connectivity index (χ4n) is 3.02. The maximum atomic E-state index is 14.4. The topological polar surface area (TPSA) is 66.0 Å². The molecule has 1 saturated heterocycles. The van der Waals surface area contributed by atoms with Gasteiger partial charge in [-0.2, -0.15) is 0 Å². The van der Waals surface area contributed by atoms with E-state index in [0.717, 1.165) is 18.4 Å². The molecule has 1 aromatic rings. The number of unbranched alkanes of at least 4 members (excludes halogenated alkanes) is 1. The van der Waals surface area contributed by atoms with Crippen molar-refractivity contribution in [3.63, 3.8) is 0 Å². The van der Waals surface area contributed by atoms with Crippen LogP contribution in [0.3, 0.4) is 0 Å². The highest BCUT2D eigenvalue weighted by Gasteiger charge is 2.38. The molecule has 1 heterocycles. The normalized spacial score (nSPS) is 19.6. The van der Waals surface area contributed by atoms with E-state index >= 15 is 0 Å². The van der Waals surface area contributed by atoms with Gasteiger partial charge >= 0.3 is 6.09 Å². The molecule has 164 valence electrons. The summed E-state index contributed by atoms with van der Waals surface area (Å²) < 4.78 is 36.8. The van der Waals surface area contributed by atoms with Crippen molar-refractivity contribution in [1.82, 2.24) is 5.32 Å². The molecular formula is C22H34FNO5. The van der Waals surface area contributed by atoms with Crippen molar-refractivity contribution < 1.29 is 28.1 Å². The first-order valence-corrected chi connectivity index (χ1v) is 10.2. The van der Waals surface area contributed by atoms with Gasteiger partial charge in [-0.1, -0.05) is 19.4 Å². The summed E-state index contributed by atoms with van der Waals surface area (Å²) in [4.78, 5) is 12.3. The lowest BCUT2D eigenvalue weighted by Gasteiger charge is -2.27. The summed E-state index contributed by atoms with van der Waals surface area (Å²) in [6, 6.07) is 4.43. The molecule has 1 aliphatic heterocycles. The highest BCUT2D eigenvalue weighted by molar-refractivity contribution is 5.68. The summed E-state index contributed by atoms with van der Waals surface area (Å²) in [5.41, 5.74) is 0.101. The third-order valence-corrected chi connectivity index (χ3v) is 4.39. The summed E-state index contributed by atoms with van der Waals surface area (Å²) in [5.74, 6) is -0.917. The van der Waals surface area contributed by atoms with E-state index in [0.29, 0.717) is 19.6 Å². The first-order chi connectivity index (χ1) is 13.5. The van der Waals surface area contributed by atoms with E-state index in [1.807, 2.05) is 13.8 Å². The van der Waals surface area contributed by atoms with Gasteiger partial charge in [0.1, 0.15) is 11.7 Å². The van der Waals surface area contributed by atoms with E-state index in [-0.39, 0.29) is 11.9 Å². The highest BCUT2D eigenvalue weighted by atomic mass is 19.1. The Bertz CT molecular complexity index is 686. The summed E-state index contributed by atoms with van der Waals surface area (Å²) in [5, 5.41) is 2.86. The Kier molecular flexibility index (Phi) is 7.88. The second-order valence-corrected chi connectivity index (χ2v) is 8.79. The molecule has 1 aromatic carbocycles. The molecule has 6 nitrogen and oxygen atoms in total. The second kappa shape index (κ2) is 9.76. The van der Waals surface area contributed by atoms with E-state index in [1.165, 1.54) is 6.07 Å². The van der Waals surface area contributed by atoms with E-state index in [9.17, 15) is 9.18 Å². The molecule has 2 atom stereocenters. The second-order valence-electron chi connectivity index (χ2n) is 8.79. The monoisotopic (exact) mass is 411 g/mol. The number of benzene rings is 1. The van der Waals surface area contributed by atoms with Gasteiger partial charge in [0.05, 0.1) is 19.3 Å². The van der Waals surface area contributed by atoms with Crippen molar-refractivity contribution in [2.24, 2.45) is 0 Å². The van der Waals surface area contributed by atoms with Crippen LogP contribution in [-0.2, 0) is 20.6 Å². The van der Waals surface area contributed by atoms with Crippen LogP contribution in [0.15, 0.2) is 18.2 Å². The minimum Gasteiger partial charge on any atom is -0.491 e. The van der Waals surface area contributed by atoms with Crippen molar-refractivity contribution in [3.05, 3.63) is 29.6 Å². The minimum atomic E-state index is -0.735. The standard InChI is InChI=1S/C22H34FNO5/c1-7-8-11-26-18-10-9-15(12-16(18)23)13-17(19-14-27-22(5,6)28-19)24-20(25)29-21(2,3)4/h9-10,12,17,19H,7-8,11,13-14H2,1-6H3,(H,24,25)/t17-,19+/m0/s1. The maximum Gasteiger partial charge on any atom is 0.407 e. The molecule has 0 aromatic heterocycles. The molecule has 0 aliphatic carbocycles. The number of halogens is 1. The quantitative estimate of drug-likeness (QED) is 0.634. The lowest BCUT2D eigenvalue weighted by molar-refractivity contribution is -0.141. The Labute approximate surface area is 173 Å². The first-order valence-electron chi connectivity index (χ1n) is 10.2. The van der Waals surface area contributed by atoms with Gasteiger partial charge in [-0.3, -0.25) is 0 Å². The van der Waals surface area contributed by atoms with Crippen LogP contribution in [-0.4, -0.2) is 42.8 Å². The molecule has 7 heteroatoms. The van der Waals surface area contributed by atoms with Crippen molar-refractivity contribution in [2.75, 3.05) is 13.2 Å². The Morgan fingerprint density at radius 2 is 2.10 bits per heavy atom. The van der Waals surface area contributed by atoms with Crippen LogP contribution in [0.4, 0.5) is 9.18 Å². The van der Waals surface area contributed by atoms with Gasteiger partial charge in [-0.15, -0.1) is 0 Å². The zero-order chi connectivity index (χ0) is 21.7. The fourth-order valence-corrected chi connectivity index (χ4v) is 3.02. The van der Waals surface area contributed by atoms with Crippen LogP contribution in [0, 0.1) is 5.82 Å². The molecule has 1 N–H and O–H groups in total. The third-order valence-electron chi connectivity index (χ3n) is 4.39. The van der Waals surface area contributed by atoms with Crippen LogP contribution >= 0.6 is 0 Å². The van der Waals surface area contributed by atoms with Crippen LogP contribution in [0.1, 0.15) is 59.9 Å². The number of amides is 1. The lowest BCUT2D eigenvalue weighted by Crippen LogP contribution is -2.48. The molecule has 0 radical (unpaired) electrons. The summed E-state index contributed by atoms with van der Waals surface area (Å²) in [6.07, 6.45) is 1.31. The molecule has 2 rings (SSSR count). The Morgan fingerprint density at radius 1 is 1.38 bits per heavy atom. The molecule has 0 saturated carbocycles. The van der Waals surface area contributed by atoms with E-state index in [4.69, 9.17) is 18.9 Å². The number of alkyl carbamates (subject to hydrolysis) is 1. The average Bonchev–Trinajstić information content (AvgIpc) is 2.94. The lowest BCUT2D eigenvalue weighted by atomic mass is 10.0. The SMILES string of the molecule is CCCCOc1ccc(C[C@H](NC(=O)OC(C)(C)C)[C@H]2COC(C)(C)O2)cc1F. The molecule has 29 heavy (non-hydrogen) atoms. The van der Waals surface area contributed by atoms with E-state index in [2.05, 4.69) is 12.2 Å². The number of ether oxygens (including phenoxy) is 4. The van der Waals surface area contributed by atoms with Crippen molar-refractivity contribution in [3.8, 4) is 5.75 Å². The molecule has 1 amide bonds. The van der Waals surface area contributed by atoms with Crippen LogP contribution < -0.4 is 10.1 Å². The number of carbonyl (C=O) groups is 1. The average molecular weight is 412 g/mol. The molecule has 0 unspecified atom stereocenters. The predicted molar refractivity (Wildman–Crippen MR) is 109 cm³/mol. The van der Waals surface area contributed by atoms with Gasteiger partial charge in [0.2, 0.25) is 0 Å². The van der Waals surface area contributed by atoms with Gasteiger partial charge in [-0.25, -0.2) is 9.18 Å². The van der Waals surface area contributed by atoms with Crippen LogP contribution in [0.2, 0.25) is 0 Å². The molecule has 1 fully saturated rings. The number of hydrogen-bond donors (Lipinski definition) is 1. The van der Waals surface area contributed by atoms with Gasteiger partial charge in [0.15, 0.2) is 17.4 Å². The molecule has 0 spiro atoms. The summed E-state index contributed by atoms with van der Waals surface area (Å²) in [7, 11) is 0. The van der Waals surface area contributed by atoms with E-state index in [1.54, 1.807) is 32.9 Å². The number of carbonyl (C=O) groups excluding carboxylic acids is 1. The summed E-state index contributed by atoms with van der Waals surface area (Å²) in [6.45, 7) is 11.9.